The molecule has 2 unspecified atom stereocenters. The first-order valence-electron chi connectivity index (χ1n) is 10.2. The van der Waals surface area contributed by atoms with Crippen molar-refractivity contribution in [3.05, 3.63) is 29.8 Å². The fourth-order valence-electron chi connectivity index (χ4n) is 4.53. The van der Waals surface area contributed by atoms with Crippen molar-refractivity contribution in [3.63, 3.8) is 0 Å². The van der Waals surface area contributed by atoms with Gasteiger partial charge in [-0.1, -0.05) is 44.2 Å². The Balaban J connectivity index is 1.67. The number of amides is 1. The largest absolute Gasteiger partial charge is 0.326 e. The van der Waals surface area contributed by atoms with Crippen LogP contribution in [0.4, 0.5) is 5.69 Å². The molecule has 0 heterocycles. The standard InChI is InChI=1S/C21H32N2O3S/c1-21(22)13-6-5-12-19(21)20(24)23-17-9-7-8-16(14-17)15-27(25,26)18-10-3-2-4-11-18/h7-9,14,18-19H,2-6,10-13,15,22H2,1H3,(H,23,24). The minimum absolute atomic E-state index is 0.0411. The average Bonchev–Trinajstić information content (AvgIpc) is 2.62. The van der Waals surface area contributed by atoms with E-state index in [4.69, 9.17) is 5.73 Å². The van der Waals surface area contributed by atoms with Gasteiger partial charge >= 0.3 is 0 Å². The number of sulfone groups is 1. The van der Waals surface area contributed by atoms with Crippen LogP contribution in [0.1, 0.15) is 70.3 Å². The van der Waals surface area contributed by atoms with Gasteiger partial charge in [-0.25, -0.2) is 8.42 Å². The molecule has 150 valence electrons. The second-order valence-electron chi connectivity index (χ2n) is 8.56. The first kappa shape index (κ1) is 20.3. The second kappa shape index (κ2) is 8.31. The van der Waals surface area contributed by atoms with Crippen molar-refractivity contribution in [2.75, 3.05) is 5.32 Å². The van der Waals surface area contributed by atoms with Crippen LogP contribution in [0.3, 0.4) is 0 Å². The molecule has 2 saturated carbocycles. The van der Waals surface area contributed by atoms with Gasteiger partial charge in [-0.05, 0) is 50.3 Å². The summed E-state index contributed by atoms with van der Waals surface area (Å²) in [6.45, 7) is 1.95. The van der Waals surface area contributed by atoms with E-state index in [9.17, 15) is 13.2 Å². The summed E-state index contributed by atoms with van der Waals surface area (Å²) in [5.41, 5.74) is 7.23. The van der Waals surface area contributed by atoms with Crippen LogP contribution in [-0.2, 0) is 20.4 Å². The fourth-order valence-corrected chi connectivity index (χ4v) is 6.46. The van der Waals surface area contributed by atoms with E-state index < -0.39 is 15.4 Å². The summed E-state index contributed by atoms with van der Waals surface area (Å²) in [5.74, 6) is -0.229. The Hall–Kier alpha value is -1.40. The molecule has 0 radical (unpaired) electrons. The molecular weight excluding hydrogens is 360 g/mol. The molecule has 0 aromatic heterocycles. The maximum Gasteiger partial charge on any atom is 0.229 e. The van der Waals surface area contributed by atoms with Crippen LogP contribution in [-0.4, -0.2) is 25.1 Å². The number of carbonyl (C=O) groups excluding carboxylic acids is 1. The van der Waals surface area contributed by atoms with Gasteiger partial charge < -0.3 is 11.1 Å². The molecule has 0 saturated heterocycles. The highest BCUT2D eigenvalue weighted by Gasteiger charge is 2.37. The Morgan fingerprint density at radius 1 is 1.15 bits per heavy atom. The lowest BCUT2D eigenvalue weighted by Crippen LogP contribution is -2.51. The number of hydrogen-bond donors (Lipinski definition) is 2. The van der Waals surface area contributed by atoms with Crippen LogP contribution in [0.15, 0.2) is 24.3 Å². The number of nitrogens with one attached hydrogen (secondary N) is 1. The van der Waals surface area contributed by atoms with E-state index in [0.29, 0.717) is 5.69 Å². The number of rotatable bonds is 5. The Bertz CT molecular complexity index is 767. The van der Waals surface area contributed by atoms with Crippen LogP contribution in [0.25, 0.3) is 0 Å². The molecule has 1 aromatic rings. The molecule has 5 nitrogen and oxygen atoms in total. The smallest absolute Gasteiger partial charge is 0.229 e. The Morgan fingerprint density at radius 2 is 1.85 bits per heavy atom. The van der Waals surface area contributed by atoms with E-state index in [1.165, 1.54) is 0 Å². The third-order valence-corrected chi connectivity index (χ3v) is 8.42. The molecule has 3 N–H and O–H groups in total. The van der Waals surface area contributed by atoms with Crippen molar-refractivity contribution in [3.8, 4) is 0 Å². The van der Waals surface area contributed by atoms with E-state index >= 15 is 0 Å². The van der Waals surface area contributed by atoms with E-state index in [0.717, 1.165) is 63.4 Å². The summed E-state index contributed by atoms with van der Waals surface area (Å²) in [6.07, 6.45) is 8.41. The van der Waals surface area contributed by atoms with Gasteiger partial charge in [-0.2, -0.15) is 0 Å². The third-order valence-electron chi connectivity index (χ3n) is 6.19. The zero-order valence-corrected chi connectivity index (χ0v) is 17.1. The molecule has 6 heteroatoms. The predicted molar refractivity (Wildman–Crippen MR) is 109 cm³/mol. The molecule has 2 atom stereocenters. The first-order valence-corrected chi connectivity index (χ1v) is 11.9. The summed E-state index contributed by atoms with van der Waals surface area (Å²) in [5, 5.41) is 2.74. The maximum atomic E-state index is 12.7. The molecule has 27 heavy (non-hydrogen) atoms. The van der Waals surface area contributed by atoms with Crippen molar-refractivity contribution >= 4 is 21.4 Å². The van der Waals surface area contributed by atoms with Crippen molar-refractivity contribution in [2.24, 2.45) is 11.7 Å². The highest BCUT2D eigenvalue weighted by Crippen LogP contribution is 2.32. The van der Waals surface area contributed by atoms with E-state index in [1.54, 1.807) is 6.07 Å². The van der Waals surface area contributed by atoms with Crippen LogP contribution >= 0.6 is 0 Å². The summed E-state index contributed by atoms with van der Waals surface area (Å²) < 4.78 is 25.4. The molecular formula is C21H32N2O3S. The molecule has 0 spiro atoms. The molecule has 2 aliphatic rings. The van der Waals surface area contributed by atoms with E-state index in [1.807, 2.05) is 25.1 Å². The first-order chi connectivity index (χ1) is 12.8. The molecule has 3 rings (SSSR count). The number of hydrogen-bond acceptors (Lipinski definition) is 4. The van der Waals surface area contributed by atoms with Crippen LogP contribution in [0.5, 0.6) is 0 Å². The monoisotopic (exact) mass is 392 g/mol. The summed E-state index contributed by atoms with van der Waals surface area (Å²) >= 11 is 0. The molecule has 2 fully saturated rings. The SMILES string of the molecule is CC1(N)CCCCC1C(=O)Nc1cccc(CS(=O)(=O)C2CCCCC2)c1. The van der Waals surface area contributed by atoms with E-state index in [2.05, 4.69) is 5.32 Å². The van der Waals surface area contributed by atoms with Gasteiger partial charge in [0.25, 0.3) is 0 Å². The number of carbonyl (C=O) groups is 1. The van der Waals surface area contributed by atoms with Gasteiger partial charge in [0.2, 0.25) is 5.91 Å². The van der Waals surface area contributed by atoms with Crippen LogP contribution in [0, 0.1) is 5.92 Å². The minimum Gasteiger partial charge on any atom is -0.326 e. The number of benzene rings is 1. The van der Waals surface area contributed by atoms with Crippen molar-refractivity contribution in [2.45, 2.75) is 81.3 Å². The van der Waals surface area contributed by atoms with Gasteiger partial charge in [-0.15, -0.1) is 0 Å². The molecule has 0 aliphatic heterocycles. The van der Waals surface area contributed by atoms with Gasteiger partial charge in [0.1, 0.15) is 0 Å². The zero-order valence-electron chi connectivity index (χ0n) is 16.2. The Kier molecular flexibility index (Phi) is 6.26. The van der Waals surface area contributed by atoms with Gasteiger partial charge in [0.05, 0.1) is 16.9 Å². The van der Waals surface area contributed by atoms with Gasteiger partial charge in [0, 0.05) is 11.2 Å². The quantitative estimate of drug-likeness (QED) is 0.798. The lowest BCUT2D eigenvalue weighted by Gasteiger charge is -2.37. The molecule has 2 aliphatic carbocycles. The average molecular weight is 393 g/mol. The Labute approximate surface area is 163 Å². The lowest BCUT2D eigenvalue weighted by molar-refractivity contribution is -0.122. The second-order valence-corrected chi connectivity index (χ2v) is 10.8. The molecule has 1 aromatic carbocycles. The van der Waals surface area contributed by atoms with E-state index in [-0.39, 0.29) is 22.8 Å². The van der Waals surface area contributed by atoms with Crippen molar-refractivity contribution < 1.29 is 13.2 Å². The van der Waals surface area contributed by atoms with Gasteiger partial charge in [-0.3, -0.25) is 4.79 Å². The van der Waals surface area contributed by atoms with Crippen molar-refractivity contribution in [1.29, 1.82) is 0 Å². The van der Waals surface area contributed by atoms with Crippen LogP contribution in [0.2, 0.25) is 0 Å². The number of anilines is 1. The third kappa shape index (κ3) is 5.11. The summed E-state index contributed by atoms with van der Waals surface area (Å²) in [6, 6.07) is 7.23. The van der Waals surface area contributed by atoms with Crippen molar-refractivity contribution in [1.82, 2.24) is 0 Å². The normalized spacial score (nSPS) is 27.3. The highest BCUT2D eigenvalue weighted by atomic mass is 32.2. The zero-order chi connectivity index (χ0) is 19.5. The maximum absolute atomic E-state index is 12.7. The fraction of sp³-hybridized carbons (Fsp3) is 0.667. The number of nitrogens with two attached hydrogens (primary N) is 1. The Morgan fingerprint density at radius 3 is 2.56 bits per heavy atom. The van der Waals surface area contributed by atoms with Gasteiger partial charge in [0.15, 0.2) is 9.84 Å². The molecule has 1 amide bonds. The lowest BCUT2D eigenvalue weighted by atomic mass is 9.74. The summed E-state index contributed by atoms with van der Waals surface area (Å²) in [4.78, 5) is 12.7. The minimum atomic E-state index is -3.15. The molecule has 0 bridgehead atoms. The predicted octanol–water partition coefficient (Wildman–Crippen LogP) is 3.78. The van der Waals surface area contributed by atoms with Crippen LogP contribution < -0.4 is 11.1 Å². The topological polar surface area (TPSA) is 89.3 Å². The highest BCUT2D eigenvalue weighted by molar-refractivity contribution is 7.91. The summed E-state index contributed by atoms with van der Waals surface area (Å²) in [7, 11) is -3.15.